The number of halogens is 3. The molecule has 1 aromatic carbocycles. The molecule has 0 bridgehead atoms. The number of benzene rings is 1. The third-order valence-electron chi connectivity index (χ3n) is 5.06. The Morgan fingerprint density at radius 1 is 1.00 bits per heavy atom. The molecule has 2 aromatic rings. The van der Waals surface area contributed by atoms with Crippen LogP contribution in [-0.2, 0) is 24.4 Å². The largest absolute Gasteiger partial charge is 0.550 e. The second-order valence-electron chi connectivity index (χ2n) is 7.52. The molecule has 0 saturated heterocycles. The molecule has 1 heterocycles. The number of hydrogen-bond acceptors (Lipinski definition) is 3. The number of carbonyl (C=O) groups is 2. The van der Waals surface area contributed by atoms with E-state index in [2.05, 4.69) is 6.92 Å². The Kier molecular flexibility index (Phi) is 10.5. The zero-order valence-electron chi connectivity index (χ0n) is 18.6. The molecule has 0 N–H and O–H groups in total. The number of aromatic nitrogens is 1. The van der Waals surface area contributed by atoms with Crippen molar-refractivity contribution < 1.29 is 27.9 Å². The number of nitrogens with zero attached hydrogens (tertiary/aromatic N) is 1. The van der Waals surface area contributed by atoms with Gasteiger partial charge in [-0.1, -0.05) is 51.7 Å². The first-order valence-corrected chi connectivity index (χ1v) is 10.6. The molecule has 31 heavy (non-hydrogen) atoms. The van der Waals surface area contributed by atoms with E-state index < -0.39 is 17.7 Å². The minimum atomic E-state index is -4.39. The van der Waals surface area contributed by atoms with Crippen LogP contribution in [0.5, 0.6) is 0 Å². The average molecular weight is 439 g/mol. The molecular weight excluding hydrogens is 407 g/mol. The van der Waals surface area contributed by atoms with Crippen LogP contribution >= 0.6 is 0 Å². The number of carboxylic acids is 1. The molecule has 0 atom stereocenters. The van der Waals surface area contributed by atoms with Crippen LogP contribution in [0.2, 0.25) is 0 Å². The highest BCUT2D eigenvalue weighted by molar-refractivity contribution is 6.09. The van der Waals surface area contributed by atoms with E-state index in [4.69, 9.17) is 0 Å². The summed E-state index contributed by atoms with van der Waals surface area (Å²) < 4.78 is 39.4. The highest BCUT2D eigenvalue weighted by Crippen LogP contribution is 2.29. The SMILES string of the molecule is CCCCCCCC(=O)[O-].CCc1cc(C)c(C(=O)c2ccc(C(F)(F)F)cc2)n1C. The number of aliphatic carboxylic acids is 1. The van der Waals surface area contributed by atoms with Gasteiger partial charge in [0, 0.05) is 24.3 Å². The Labute approximate surface area is 182 Å². The van der Waals surface area contributed by atoms with E-state index in [0.717, 1.165) is 49.1 Å². The lowest BCUT2D eigenvalue weighted by Crippen LogP contribution is -2.21. The Bertz CT molecular complexity index is 852. The third-order valence-corrected chi connectivity index (χ3v) is 5.06. The van der Waals surface area contributed by atoms with Crippen molar-refractivity contribution >= 4 is 11.8 Å². The molecule has 0 fully saturated rings. The molecule has 0 aliphatic rings. The van der Waals surface area contributed by atoms with E-state index in [1.807, 2.05) is 19.9 Å². The third kappa shape index (κ3) is 8.23. The lowest BCUT2D eigenvalue weighted by molar-refractivity contribution is -0.305. The Morgan fingerprint density at radius 3 is 2.03 bits per heavy atom. The van der Waals surface area contributed by atoms with Gasteiger partial charge < -0.3 is 14.5 Å². The Balaban J connectivity index is 0.000000407. The van der Waals surface area contributed by atoms with E-state index in [9.17, 15) is 27.9 Å². The van der Waals surface area contributed by atoms with Gasteiger partial charge in [-0.05, 0) is 49.9 Å². The number of carbonyl (C=O) groups excluding carboxylic acids is 2. The highest BCUT2D eigenvalue weighted by Gasteiger charge is 2.30. The summed E-state index contributed by atoms with van der Waals surface area (Å²) in [5.74, 6) is -1.18. The number of hydrogen-bond donors (Lipinski definition) is 0. The smallest absolute Gasteiger partial charge is 0.416 e. The molecule has 0 aliphatic carbocycles. The first kappa shape index (κ1) is 26.5. The van der Waals surface area contributed by atoms with Crippen LogP contribution < -0.4 is 5.11 Å². The minimum absolute atomic E-state index is 0.226. The Hall–Kier alpha value is -2.57. The number of aryl methyl sites for hydroxylation is 2. The number of alkyl halides is 3. The molecule has 1 aromatic heterocycles. The van der Waals surface area contributed by atoms with Crippen molar-refractivity contribution in [2.45, 2.75) is 71.9 Å². The fraction of sp³-hybridized carbons (Fsp3) is 0.500. The van der Waals surface area contributed by atoms with Crippen molar-refractivity contribution in [3.05, 3.63) is 58.4 Å². The Morgan fingerprint density at radius 2 is 1.58 bits per heavy atom. The fourth-order valence-corrected chi connectivity index (χ4v) is 3.31. The zero-order valence-corrected chi connectivity index (χ0v) is 18.6. The maximum absolute atomic E-state index is 12.5. The first-order valence-electron chi connectivity index (χ1n) is 10.6. The van der Waals surface area contributed by atoms with Gasteiger partial charge in [0.25, 0.3) is 0 Å². The van der Waals surface area contributed by atoms with E-state index in [1.165, 1.54) is 25.0 Å². The molecule has 4 nitrogen and oxygen atoms in total. The fourth-order valence-electron chi connectivity index (χ4n) is 3.31. The lowest BCUT2D eigenvalue weighted by Gasteiger charge is -2.09. The van der Waals surface area contributed by atoms with Crippen molar-refractivity contribution in [3.63, 3.8) is 0 Å². The van der Waals surface area contributed by atoms with E-state index in [-0.39, 0.29) is 17.8 Å². The van der Waals surface area contributed by atoms with Gasteiger partial charge in [-0.15, -0.1) is 0 Å². The summed E-state index contributed by atoms with van der Waals surface area (Å²) in [5, 5.41) is 9.92. The van der Waals surface area contributed by atoms with Crippen LogP contribution in [0.25, 0.3) is 0 Å². The predicted octanol–water partition coefficient (Wildman–Crippen LogP) is 5.24. The quantitative estimate of drug-likeness (QED) is 0.397. The van der Waals surface area contributed by atoms with Gasteiger partial charge in [0.2, 0.25) is 5.78 Å². The summed E-state index contributed by atoms with van der Waals surface area (Å²) in [7, 11) is 1.79. The molecular formula is C24H31F3NO3-. The van der Waals surface area contributed by atoms with Crippen molar-refractivity contribution in [3.8, 4) is 0 Å². The standard InChI is InChI=1S/C16H16F3NO.C8H16O2/c1-4-13-9-10(2)14(20(13)3)15(21)11-5-7-12(8-6-11)16(17,18)19;1-2-3-4-5-6-7-8(9)10/h5-9H,4H2,1-3H3;2-7H2,1H3,(H,9,10)/p-1. The topological polar surface area (TPSA) is 62.1 Å². The summed E-state index contributed by atoms with van der Waals surface area (Å²) in [6.45, 7) is 5.95. The summed E-state index contributed by atoms with van der Waals surface area (Å²) in [4.78, 5) is 22.4. The first-order chi connectivity index (χ1) is 14.5. The molecule has 7 heteroatoms. The number of ketones is 1. The second kappa shape index (κ2) is 12.3. The summed E-state index contributed by atoms with van der Waals surface area (Å²) in [6.07, 6.45) is 2.01. The van der Waals surface area contributed by atoms with E-state index >= 15 is 0 Å². The summed E-state index contributed by atoms with van der Waals surface area (Å²) >= 11 is 0. The summed E-state index contributed by atoms with van der Waals surface area (Å²) in [6, 6.07) is 6.25. The van der Waals surface area contributed by atoms with Gasteiger partial charge >= 0.3 is 6.18 Å². The van der Waals surface area contributed by atoms with E-state index in [0.29, 0.717) is 5.69 Å². The number of carboxylic acid groups (broad SMARTS) is 1. The van der Waals surface area contributed by atoms with Gasteiger partial charge in [-0.2, -0.15) is 13.2 Å². The van der Waals surface area contributed by atoms with E-state index in [1.54, 1.807) is 11.6 Å². The van der Waals surface area contributed by atoms with Crippen LogP contribution in [-0.4, -0.2) is 16.3 Å². The van der Waals surface area contributed by atoms with Gasteiger partial charge in [-0.25, -0.2) is 0 Å². The van der Waals surface area contributed by atoms with Crippen molar-refractivity contribution in [2.24, 2.45) is 7.05 Å². The van der Waals surface area contributed by atoms with Gasteiger partial charge in [0.05, 0.1) is 11.3 Å². The highest BCUT2D eigenvalue weighted by atomic mass is 19.4. The van der Waals surface area contributed by atoms with Crippen LogP contribution in [0.4, 0.5) is 13.2 Å². The molecule has 2 rings (SSSR count). The monoisotopic (exact) mass is 438 g/mol. The zero-order chi connectivity index (χ0) is 23.6. The molecule has 0 aliphatic heterocycles. The molecule has 0 saturated carbocycles. The van der Waals surface area contributed by atoms with Gasteiger partial charge in [0.15, 0.2) is 0 Å². The van der Waals surface area contributed by atoms with Gasteiger partial charge in [0.1, 0.15) is 0 Å². The molecule has 0 amide bonds. The number of unbranched alkanes of at least 4 members (excludes halogenated alkanes) is 4. The van der Waals surface area contributed by atoms with Crippen molar-refractivity contribution in [2.75, 3.05) is 0 Å². The van der Waals surface area contributed by atoms with Crippen LogP contribution in [0.15, 0.2) is 30.3 Å². The number of rotatable bonds is 9. The molecule has 0 spiro atoms. The van der Waals surface area contributed by atoms with Crippen LogP contribution in [0.1, 0.15) is 85.2 Å². The molecule has 0 unspecified atom stereocenters. The minimum Gasteiger partial charge on any atom is -0.550 e. The molecule has 0 radical (unpaired) electrons. The van der Waals surface area contributed by atoms with Gasteiger partial charge in [-0.3, -0.25) is 4.79 Å². The normalized spacial score (nSPS) is 11.1. The molecule has 172 valence electrons. The average Bonchev–Trinajstić information content (AvgIpc) is 3.00. The lowest BCUT2D eigenvalue weighted by atomic mass is 10.0. The van der Waals surface area contributed by atoms with Crippen molar-refractivity contribution in [1.29, 1.82) is 0 Å². The van der Waals surface area contributed by atoms with Crippen molar-refractivity contribution in [1.82, 2.24) is 4.57 Å². The summed E-state index contributed by atoms with van der Waals surface area (Å²) in [5.41, 5.74) is 1.88. The maximum atomic E-state index is 12.5. The van der Waals surface area contributed by atoms with Crippen LogP contribution in [0, 0.1) is 6.92 Å². The second-order valence-corrected chi connectivity index (χ2v) is 7.52. The maximum Gasteiger partial charge on any atom is 0.416 e. The van der Waals surface area contributed by atoms with Crippen LogP contribution in [0.3, 0.4) is 0 Å². The predicted molar refractivity (Wildman–Crippen MR) is 113 cm³/mol.